The van der Waals surface area contributed by atoms with Gasteiger partial charge in [-0.2, -0.15) is 0 Å². The fourth-order valence-electron chi connectivity index (χ4n) is 1.87. The van der Waals surface area contributed by atoms with E-state index < -0.39 is 0 Å². The molecular formula is C12H14N2O2. The van der Waals surface area contributed by atoms with E-state index in [-0.39, 0.29) is 5.56 Å². The Balaban J connectivity index is 2.92. The maximum absolute atomic E-state index is 11.5. The molecule has 0 aliphatic carbocycles. The number of pyridine rings is 1. The highest BCUT2D eigenvalue weighted by atomic mass is 16.5. The molecule has 0 spiro atoms. The predicted octanol–water partition coefficient (Wildman–Crippen LogP) is 1.68. The first-order valence-corrected chi connectivity index (χ1v) is 5.15. The molecule has 16 heavy (non-hydrogen) atoms. The topological polar surface area (TPSA) is 68.1 Å². The van der Waals surface area contributed by atoms with Gasteiger partial charge in [0, 0.05) is 23.2 Å². The normalized spacial score (nSPS) is 10.6. The molecule has 84 valence electrons. The molecule has 0 aliphatic heterocycles. The summed E-state index contributed by atoms with van der Waals surface area (Å²) in [6, 6.07) is 5.16. The largest absolute Gasteiger partial charge is 0.494 e. The van der Waals surface area contributed by atoms with Gasteiger partial charge in [-0.1, -0.05) is 6.92 Å². The van der Waals surface area contributed by atoms with E-state index >= 15 is 0 Å². The zero-order valence-corrected chi connectivity index (χ0v) is 9.33. The van der Waals surface area contributed by atoms with Gasteiger partial charge in [-0.3, -0.25) is 4.79 Å². The van der Waals surface area contributed by atoms with Crippen LogP contribution >= 0.6 is 0 Å². The van der Waals surface area contributed by atoms with E-state index in [4.69, 9.17) is 10.5 Å². The number of hydrogen-bond acceptors (Lipinski definition) is 3. The molecule has 0 aliphatic rings. The first kappa shape index (κ1) is 10.5. The molecule has 2 aromatic rings. The molecule has 1 aromatic heterocycles. The Labute approximate surface area is 93.0 Å². The Morgan fingerprint density at radius 1 is 1.38 bits per heavy atom. The third kappa shape index (κ3) is 1.62. The summed E-state index contributed by atoms with van der Waals surface area (Å²) < 4.78 is 5.21. The summed E-state index contributed by atoms with van der Waals surface area (Å²) in [5.74, 6) is 0.599. The minimum Gasteiger partial charge on any atom is -0.494 e. The van der Waals surface area contributed by atoms with Crippen LogP contribution < -0.4 is 16.0 Å². The highest BCUT2D eigenvalue weighted by Gasteiger charge is 2.08. The smallest absolute Gasteiger partial charge is 0.248 e. The summed E-state index contributed by atoms with van der Waals surface area (Å²) in [7, 11) is 1.56. The second-order valence-electron chi connectivity index (χ2n) is 3.66. The zero-order chi connectivity index (χ0) is 11.7. The number of hydrogen-bond donors (Lipinski definition) is 2. The zero-order valence-electron chi connectivity index (χ0n) is 9.33. The average molecular weight is 218 g/mol. The van der Waals surface area contributed by atoms with E-state index in [2.05, 4.69) is 4.98 Å². The van der Waals surface area contributed by atoms with E-state index in [0.29, 0.717) is 17.0 Å². The highest BCUT2D eigenvalue weighted by molar-refractivity contribution is 5.90. The third-order valence-electron chi connectivity index (χ3n) is 2.62. The second-order valence-corrected chi connectivity index (χ2v) is 3.66. The summed E-state index contributed by atoms with van der Waals surface area (Å²) in [6.45, 7) is 2.00. The van der Waals surface area contributed by atoms with Gasteiger partial charge in [0.05, 0.1) is 12.6 Å². The van der Waals surface area contributed by atoms with E-state index in [1.165, 1.54) is 0 Å². The molecule has 0 saturated heterocycles. The molecule has 0 bridgehead atoms. The molecule has 2 rings (SSSR count). The molecular weight excluding hydrogens is 204 g/mol. The van der Waals surface area contributed by atoms with Crippen LogP contribution in [0.1, 0.15) is 12.5 Å². The minimum absolute atomic E-state index is 0.118. The van der Waals surface area contributed by atoms with Gasteiger partial charge in [-0.25, -0.2) is 0 Å². The highest BCUT2D eigenvalue weighted by Crippen LogP contribution is 2.28. The van der Waals surface area contributed by atoms with Crippen molar-refractivity contribution < 1.29 is 4.74 Å². The lowest BCUT2D eigenvalue weighted by atomic mass is 10.1. The number of benzene rings is 1. The molecule has 3 N–H and O–H groups in total. The SMILES string of the molecule is CCc1cc(=O)[nH]c2c(OC)cc(N)cc12. The number of anilines is 1. The minimum atomic E-state index is -0.118. The maximum Gasteiger partial charge on any atom is 0.248 e. The second kappa shape index (κ2) is 3.89. The number of ether oxygens (including phenoxy) is 1. The number of nitrogen functional groups attached to an aromatic ring is 1. The summed E-state index contributed by atoms with van der Waals surface area (Å²) in [5, 5.41) is 0.943. The lowest BCUT2D eigenvalue weighted by Crippen LogP contribution is -2.07. The van der Waals surface area contributed by atoms with Crippen LogP contribution in [-0.4, -0.2) is 12.1 Å². The molecule has 0 unspecified atom stereocenters. The summed E-state index contributed by atoms with van der Waals surface area (Å²) in [5.41, 5.74) is 7.99. The molecule has 0 fully saturated rings. The molecule has 0 amide bonds. The van der Waals surface area contributed by atoms with Crippen molar-refractivity contribution in [1.29, 1.82) is 0 Å². The number of H-pyrrole nitrogens is 1. The first-order chi connectivity index (χ1) is 7.65. The fourth-order valence-corrected chi connectivity index (χ4v) is 1.87. The predicted molar refractivity (Wildman–Crippen MR) is 64.9 cm³/mol. The van der Waals surface area contributed by atoms with Crippen molar-refractivity contribution in [3.8, 4) is 5.75 Å². The molecule has 0 saturated carbocycles. The van der Waals surface area contributed by atoms with Gasteiger partial charge in [0.25, 0.3) is 0 Å². The Kier molecular flexibility index (Phi) is 2.56. The quantitative estimate of drug-likeness (QED) is 0.753. The lowest BCUT2D eigenvalue weighted by Gasteiger charge is -2.09. The van der Waals surface area contributed by atoms with Crippen molar-refractivity contribution in [2.75, 3.05) is 12.8 Å². The van der Waals surface area contributed by atoms with Gasteiger partial charge in [0.2, 0.25) is 5.56 Å². The Morgan fingerprint density at radius 2 is 2.12 bits per heavy atom. The van der Waals surface area contributed by atoms with Crippen molar-refractivity contribution in [2.24, 2.45) is 0 Å². The summed E-state index contributed by atoms with van der Waals surface area (Å²) >= 11 is 0. The Morgan fingerprint density at radius 3 is 2.75 bits per heavy atom. The molecule has 0 atom stereocenters. The number of nitrogens with two attached hydrogens (primary N) is 1. The standard InChI is InChI=1S/C12H14N2O2/c1-3-7-4-11(15)14-12-9(7)5-8(13)6-10(12)16-2/h4-6H,3,13H2,1-2H3,(H,14,15). The summed E-state index contributed by atoms with van der Waals surface area (Å²) in [6.07, 6.45) is 0.785. The van der Waals surface area contributed by atoms with Crippen molar-refractivity contribution in [3.05, 3.63) is 34.1 Å². The summed E-state index contributed by atoms with van der Waals surface area (Å²) in [4.78, 5) is 14.2. The van der Waals surface area contributed by atoms with Crippen molar-refractivity contribution in [2.45, 2.75) is 13.3 Å². The number of nitrogens with one attached hydrogen (secondary N) is 1. The van der Waals surface area contributed by atoms with E-state index in [9.17, 15) is 4.79 Å². The van der Waals surface area contributed by atoms with Crippen LogP contribution in [0.25, 0.3) is 10.9 Å². The number of methoxy groups -OCH3 is 1. The van der Waals surface area contributed by atoms with Crippen molar-refractivity contribution in [1.82, 2.24) is 4.98 Å². The van der Waals surface area contributed by atoms with Crippen LogP contribution in [0.4, 0.5) is 5.69 Å². The molecule has 1 aromatic carbocycles. The van der Waals surface area contributed by atoms with Gasteiger partial charge in [0.1, 0.15) is 5.75 Å². The van der Waals surface area contributed by atoms with Crippen LogP contribution in [0.5, 0.6) is 5.75 Å². The van der Waals surface area contributed by atoms with E-state index in [1.807, 2.05) is 13.0 Å². The van der Waals surface area contributed by atoms with Crippen LogP contribution in [0.3, 0.4) is 0 Å². The fraction of sp³-hybridized carbons (Fsp3) is 0.250. The Hall–Kier alpha value is -1.97. The van der Waals surface area contributed by atoms with Crippen molar-refractivity contribution >= 4 is 16.6 Å². The first-order valence-electron chi connectivity index (χ1n) is 5.15. The molecule has 4 nitrogen and oxygen atoms in total. The van der Waals surface area contributed by atoms with Crippen LogP contribution in [0.15, 0.2) is 23.0 Å². The number of aromatic amines is 1. The van der Waals surface area contributed by atoms with Crippen LogP contribution in [-0.2, 0) is 6.42 Å². The van der Waals surface area contributed by atoms with Crippen molar-refractivity contribution in [3.63, 3.8) is 0 Å². The number of aromatic nitrogens is 1. The van der Waals surface area contributed by atoms with Gasteiger partial charge in [-0.15, -0.1) is 0 Å². The molecule has 4 heteroatoms. The third-order valence-corrected chi connectivity index (χ3v) is 2.62. The van der Waals surface area contributed by atoms with E-state index in [1.54, 1.807) is 19.2 Å². The Bertz CT molecular complexity index is 587. The number of rotatable bonds is 2. The van der Waals surface area contributed by atoms with Gasteiger partial charge >= 0.3 is 0 Å². The van der Waals surface area contributed by atoms with Crippen LogP contribution in [0.2, 0.25) is 0 Å². The molecule has 1 heterocycles. The van der Waals surface area contributed by atoms with Crippen LogP contribution in [0, 0.1) is 0 Å². The number of aryl methyl sites for hydroxylation is 1. The lowest BCUT2D eigenvalue weighted by molar-refractivity contribution is 0.419. The molecule has 0 radical (unpaired) electrons. The monoisotopic (exact) mass is 218 g/mol. The number of fused-ring (bicyclic) bond motifs is 1. The van der Waals surface area contributed by atoms with E-state index in [0.717, 1.165) is 17.4 Å². The van der Waals surface area contributed by atoms with Gasteiger partial charge in [0.15, 0.2) is 0 Å². The van der Waals surface area contributed by atoms with Gasteiger partial charge in [-0.05, 0) is 18.1 Å². The maximum atomic E-state index is 11.5. The average Bonchev–Trinajstić information content (AvgIpc) is 2.27. The van der Waals surface area contributed by atoms with Gasteiger partial charge < -0.3 is 15.5 Å².